The Labute approximate surface area is 713 Å². The van der Waals surface area contributed by atoms with Crippen molar-refractivity contribution in [3.63, 3.8) is 0 Å². The van der Waals surface area contributed by atoms with E-state index in [9.17, 15) is 0 Å². The van der Waals surface area contributed by atoms with Crippen molar-refractivity contribution in [2.24, 2.45) is 82.9 Å². The fourth-order valence-corrected chi connectivity index (χ4v) is 39.0. The van der Waals surface area contributed by atoms with Crippen LogP contribution in [0.3, 0.4) is 0 Å². The van der Waals surface area contributed by atoms with E-state index < -0.39 is 78.7 Å². The number of hydrogen-bond acceptors (Lipinski definition) is 2. The third-order valence-corrected chi connectivity index (χ3v) is 41.5. The van der Waals surface area contributed by atoms with Crippen LogP contribution in [0.25, 0.3) is 0 Å². The summed E-state index contributed by atoms with van der Waals surface area (Å²) in [7, 11) is 26.6. The molecule has 2 heterocycles. The van der Waals surface area contributed by atoms with Crippen molar-refractivity contribution >= 4 is 67.2 Å². The molecule has 0 saturated heterocycles. The summed E-state index contributed by atoms with van der Waals surface area (Å²) in [5.74, 6) is 22.9. The predicted molar refractivity (Wildman–Crippen MR) is 464 cm³/mol. The fraction of sp³-hybridized carbons (Fsp3) is 0.720. The second-order valence-corrected chi connectivity index (χ2v) is 58.2. The molecular weight excluding hydrogens is 1690 g/mol. The number of hydrogen-bond donors (Lipinski definition) is 0. The predicted octanol–water partition coefficient (Wildman–Crippen LogP) is 33.5. The molecule has 0 bridgehead atoms. The Balaban J connectivity index is 0.000000302. The van der Waals surface area contributed by atoms with Gasteiger partial charge < -0.3 is 53.4 Å². The van der Waals surface area contributed by atoms with E-state index in [0.29, 0.717) is 35.5 Å². The van der Waals surface area contributed by atoms with E-state index in [1.54, 1.807) is 172 Å². The quantitative estimate of drug-likeness (QED) is 0.104. The van der Waals surface area contributed by atoms with Crippen LogP contribution < -0.4 is 0 Å². The van der Waals surface area contributed by atoms with Gasteiger partial charge in [0, 0.05) is 11.8 Å². The van der Waals surface area contributed by atoms with Crippen molar-refractivity contribution in [1.82, 2.24) is 0 Å². The van der Waals surface area contributed by atoms with Crippen LogP contribution in [0.5, 0.6) is 0 Å². The van der Waals surface area contributed by atoms with Crippen LogP contribution in [0.15, 0.2) is 81.6 Å². The normalized spacial score (nSPS) is 33.7. The SMILES string of the molecule is C1CCC(CC2C3CCCCC3C3CCCCC32)C1.C[Si](C)(C1CCC2CCCCC21)C1CCC2CCCCC21.Cc1ccc(C2CC3C(c4ccc(C(C)C)cc4)CCCC3C2[Si](C)(C)C2C(c3ccc(C)o3)CC3C(c4ccc(C(C)C)cc4)CCCC32)o1.[CH3-].[CH3-].[CH3-].[CH3-].[CH3-].[CH3-].[Cl][Zr+2][Cl].[Cl][Zr+2][Cl].[Cl][Zr+2][Cl]. The van der Waals surface area contributed by atoms with Crippen LogP contribution >= 0.6 is 51.1 Å². The first-order valence-corrected chi connectivity index (χ1v) is 66.9. The second kappa shape index (κ2) is 46.8. The Hall–Kier alpha value is 1.82. The number of fused-ring (bicyclic) bond motifs is 7. The summed E-state index contributed by atoms with van der Waals surface area (Å²) >= 11 is -2.48. The van der Waals surface area contributed by atoms with Crippen molar-refractivity contribution in [3.05, 3.63) is 163 Å². The maximum atomic E-state index is 6.67. The summed E-state index contributed by atoms with van der Waals surface area (Å²) < 4.78 is 13.3. The van der Waals surface area contributed by atoms with Crippen LogP contribution in [0.2, 0.25) is 48.4 Å². The van der Waals surface area contributed by atoms with E-state index in [0.717, 1.165) is 64.0 Å². The zero-order chi connectivity index (χ0) is 70.8. The van der Waals surface area contributed by atoms with Gasteiger partial charge in [-0.3, -0.25) is 0 Å². The maximum absolute atomic E-state index is 6.67. The minimum absolute atomic E-state index is 0. The number of furan rings is 2. The van der Waals surface area contributed by atoms with Crippen molar-refractivity contribution in [1.29, 1.82) is 0 Å². The molecular formula is C93H150Cl6O2Si2Zr3. The summed E-state index contributed by atoms with van der Waals surface area (Å²) in [6.45, 7) is 24.9. The molecule has 12 aliphatic rings. The molecule has 106 heavy (non-hydrogen) atoms. The van der Waals surface area contributed by atoms with Gasteiger partial charge in [0.2, 0.25) is 0 Å². The summed E-state index contributed by atoms with van der Waals surface area (Å²) in [5.41, 5.74) is 9.95. The zero-order valence-electron chi connectivity index (χ0n) is 69.7. The van der Waals surface area contributed by atoms with Gasteiger partial charge in [-0.1, -0.05) is 257 Å². The van der Waals surface area contributed by atoms with E-state index >= 15 is 0 Å². The monoisotopic (exact) mass is 1830 g/mol. The van der Waals surface area contributed by atoms with E-state index in [4.69, 9.17) is 59.9 Å². The van der Waals surface area contributed by atoms with Gasteiger partial charge in [-0.25, -0.2) is 0 Å². The molecule has 12 fully saturated rings. The summed E-state index contributed by atoms with van der Waals surface area (Å²) in [6, 6.07) is 28.9. The molecule has 2 aromatic carbocycles. The molecule has 2 aromatic heterocycles. The van der Waals surface area contributed by atoms with E-state index in [2.05, 4.69) is 141 Å². The van der Waals surface area contributed by atoms with E-state index in [1.165, 1.54) is 127 Å². The van der Waals surface area contributed by atoms with Gasteiger partial charge in [0.15, 0.2) is 0 Å². The molecule has 4 aromatic rings. The summed E-state index contributed by atoms with van der Waals surface area (Å²) in [5, 5.41) is 0. The Bertz CT molecular complexity index is 2870. The number of benzene rings is 2. The average Bonchev–Trinajstić information content (AvgIpc) is 1.58. The van der Waals surface area contributed by atoms with E-state index in [1.807, 2.05) is 0 Å². The Morgan fingerprint density at radius 3 is 1.00 bits per heavy atom. The van der Waals surface area contributed by atoms with Crippen LogP contribution in [-0.4, -0.2) is 16.1 Å². The van der Waals surface area contributed by atoms with E-state index in [-0.39, 0.29) is 44.6 Å². The first kappa shape index (κ1) is 98.4. The van der Waals surface area contributed by atoms with Gasteiger partial charge in [-0.2, -0.15) is 0 Å². The zero-order valence-corrected chi connectivity index (χ0v) is 83.6. The molecule has 0 radical (unpaired) electrons. The van der Waals surface area contributed by atoms with Gasteiger partial charge in [-0.05, 0) is 247 Å². The van der Waals surface area contributed by atoms with Gasteiger partial charge in [0.05, 0.1) is 16.1 Å². The molecule has 13 heteroatoms. The molecule has 20 atom stereocenters. The fourth-order valence-electron chi connectivity index (χ4n) is 27.4. The number of halogens is 6. The molecule has 2 nitrogen and oxygen atoms in total. The average molecular weight is 1840 g/mol. The third kappa shape index (κ3) is 23.0. The summed E-state index contributed by atoms with van der Waals surface area (Å²) in [4.78, 5) is 0. The topological polar surface area (TPSA) is 26.3 Å². The molecule has 596 valence electrons. The Morgan fingerprint density at radius 2 is 0.660 bits per heavy atom. The van der Waals surface area contributed by atoms with Crippen molar-refractivity contribution < 1.29 is 71.4 Å². The molecule has 0 spiro atoms. The molecule has 12 aliphatic carbocycles. The molecule has 0 amide bonds. The van der Waals surface area contributed by atoms with Gasteiger partial charge in [-0.15, -0.1) is 0 Å². The molecule has 0 aliphatic heterocycles. The summed E-state index contributed by atoms with van der Waals surface area (Å²) in [6.07, 6.45) is 50.3. The molecule has 16 rings (SSSR count). The Morgan fingerprint density at radius 1 is 0.340 bits per heavy atom. The number of aryl methyl sites for hydroxylation is 2. The van der Waals surface area contributed by atoms with Crippen LogP contribution in [0, 0.1) is 141 Å². The second-order valence-electron chi connectivity index (χ2n) is 36.9. The number of rotatable bonds is 12. The van der Waals surface area contributed by atoms with Gasteiger partial charge in [0.25, 0.3) is 0 Å². The molecule has 20 unspecified atom stereocenters. The van der Waals surface area contributed by atoms with Crippen molar-refractivity contribution in [3.8, 4) is 0 Å². The standard InChI is InChI=1S/C48H64O2Si.C20H36Si.C19H32.6CH3.6ClH.3Zr/c1-29(2)33-17-21-35(22-18-33)37-11-9-13-39-41(37)27-43(45-25-15-31(5)49-45)47(39)51(7,8)48-40-14-10-12-38(36-23-19-34(20-24-36)30(3)4)42(40)28-44(48)46-26-16-32(6)50-46;1-21(2,19-13-11-15-7-3-5-9-17(15)19)20-14-12-16-8-4-6-10-18(16)20;1-2-8-14(7-1)13-19-17-11-5-3-9-15(17)16-10-4-6-12-18(16)19;;;;;;;;;;;;;;;/h15-26,29-30,37-44,47-48H,9-14,27-28H2,1-8H3;15-20H,3-14H2,1-2H3;14-19H,1-13H2;6*1H3;6*1H;;;/q;;;6*-1;;;;;;;3*+4/p-6. The minimum atomic E-state index is -1.96. The first-order valence-electron chi connectivity index (χ1n) is 41.6. The van der Waals surface area contributed by atoms with Crippen LogP contribution in [0.4, 0.5) is 0 Å². The molecule has 12 saturated carbocycles. The van der Waals surface area contributed by atoms with Crippen molar-refractivity contribution in [2.75, 3.05) is 0 Å². The van der Waals surface area contributed by atoms with Crippen molar-refractivity contribution in [2.45, 2.75) is 337 Å². The van der Waals surface area contributed by atoms with Crippen LogP contribution in [0.1, 0.15) is 320 Å². The molecule has 0 N–H and O–H groups in total. The Kier molecular flexibility index (Phi) is 43.5. The first-order chi connectivity index (χ1) is 48.4. The van der Waals surface area contributed by atoms with Gasteiger partial charge >= 0.3 is 114 Å². The third-order valence-electron chi connectivity index (χ3n) is 31.2. The van der Waals surface area contributed by atoms with Gasteiger partial charge in [0.1, 0.15) is 23.0 Å². The van der Waals surface area contributed by atoms with Crippen LogP contribution in [-0.2, 0) is 62.5 Å².